The fraction of sp³-hybridized carbons (Fsp3) is 0.533. The van der Waals surface area contributed by atoms with E-state index < -0.39 is 15.8 Å². The molecule has 1 saturated heterocycles. The first-order chi connectivity index (χ1) is 9.92. The van der Waals surface area contributed by atoms with Gasteiger partial charge in [-0.2, -0.15) is 0 Å². The van der Waals surface area contributed by atoms with E-state index in [-0.39, 0.29) is 18.1 Å². The summed E-state index contributed by atoms with van der Waals surface area (Å²) in [7, 11) is -3.17. The van der Waals surface area contributed by atoms with Crippen molar-refractivity contribution in [3.05, 3.63) is 24.3 Å². The normalized spacial score (nSPS) is 18.9. The molecule has 5 nitrogen and oxygen atoms in total. The highest BCUT2D eigenvalue weighted by atomic mass is 32.2. The van der Waals surface area contributed by atoms with Crippen LogP contribution < -0.4 is 4.90 Å². The molecule has 1 unspecified atom stereocenters. The molecule has 0 radical (unpaired) electrons. The topological polar surface area (TPSA) is 74.7 Å². The lowest BCUT2D eigenvalue weighted by molar-refractivity contribution is -0.137. The molecular formula is C15H21NO4S. The van der Waals surface area contributed by atoms with E-state index in [2.05, 4.69) is 4.90 Å². The molecule has 2 rings (SSSR count). The van der Waals surface area contributed by atoms with Gasteiger partial charge in [0, 0.05) is 25.2 Å². The largest absolute Gasteiger partial charge is 0.481 e. The van der Waals surface area contributed by atoms with E-state index in [1.165, 1.54) is 0 Å². The molecular weight excluding hydrogens is 290 g/mol. The van der Waals surface area contributed by atoms with E-state index in [1.807, 2.05) is 19.1 Å². The zero-order chi connectivity index (χ0) is 15.5. The number of sulfone groups is 1. The molecule has 0 aromatic heterocycles. The van der Waals surface area contributed by atoms with Gasteiger partial charge in [-0.3, -0.25) is 4.79 Å². The quantitative estimate of drug-likeness (QED) is 0.871. The van der Waals surface area contributed by atoms with Crippen LogP contribution in [0, 0.1) is 5.92 Å². The fourth-order valence-corrected chi connectivity index (χ4v) is 4.06. The second-order valence-corrected chi connectivity index (χ2v) is 7.62. The Kier molecular flexibility index (Phi) is 4.88. The van der Waals surface area contributed by atoms with Gasteiger partial charge in [0.05, 0.1) is 10.6 Å². The number of hydrogen-bond donors (Lipinski definition) is 1. The fourth-order valence-electron chi connectivity index (χ4n) is 2.73. The molecule has 21 heavy (non-hydrogen) atoms. The number of benzene rings is 1. The second kappa shape index (κ2) is 6.47. The molecule has 0 saturated carbocycles. The van der Waals surface area contributed by atoms with Gasteiger partial charge in [0.25, 0.3) is 0 Å². The van der Waals surface area contributed by atoms with Crippen molar-refractivity contribution in [2.75, 3.05) is 23.7 Å². The van der Waals surface area contributed by atoms with Crippen LogP contribution in [-0.4, -0.2) is 38.3 Å². The minimum Gasteiger partial charge on any atom is -0.481 e. The van der Waals surface area contributed by atoms with Crippen LogP contribution in [0.4, 0.5) is 5.69 Å². The molecule has 0 spiro atoms. The van der Waals surface area contributed by atoms with E-state index in [0.29, 0.717) is 17.9 Å². The van der Waals surface area contributed by atoms with Crippen LogP contribution in [0.2, 0.25) is 0 Å². The first kappa shape index (κ1) is 15.8. The lowest BCUT2D eigenvalue weighted by Gasteiger charge is -2.18. The number of carboxylic acids is 1. The zero-order valence-corrected chi connectivity index (χ0v) is 13.0. The smallest absolute Gasteiger partial charge is 0.303 e. The van der Waals surface area contributed by atoms with Crippen molar-refractivity contribution in [2.45, 2.75) is 31.1 Å². The number of carboxylic acid groups (broad SMARTS) is 1. The lowest BCUT2D eigenvalue weighted by atomic mass is 10.1. The molecule has 0 aliphatic carbocycles. The summed E-state index contributed by atoms with van der Waals surface area (Å²) in [5.41, 5.74) is 0.957. The number of aliphatic carboxylic acids is 1. The van der Waals surface area contributed by atoms with E-state index in [4.69, 9.17) is 5.11 Å². The summed E-state index contributed by atoms with van der Waals surface area (Å²) in [4.78, 5) is 13.2. The first-order valence-electron chi connectivity index (χ1n) is 7.22. The predicted molar refractivity (Wildman–Crippen MR) is 81.4 cm³/mol. The molecule has 1 heterocycles. The van der Waals surface area contributed by atoms with Crippen molar-refractivity contribution in [1.29, 1.82) is 0 Å². The zero-order valence-electron chi connectivity index (χ0n) is 12.2. The van der Waals surface area contributed by atoms with Crippen molar-refractivity contribution in [2.24, 2.45) is 5.92 Å². The van der Waals surface area contributed by atoms with E-state index in [0.717, 1.165) is 18.7 Å². The summed E-state index contributed by atoms with van der Waals surface area (Å²) in [5.74, 6) is -0.426. The van der Waals surface area contributed by atoms with Crippen molar-refractivity contribution >= 4 is 21.5 Å². The third-order valence-electron chi connectivity index (χ3n) is 3.78. The van der Waals surface area contributed by atoms with Gasteiger partial charge >= 0.3 is 5.97 Å². The van der Waals surface area contributed by atoms with Gasteiger partial charge in [-0.05, 0) is 43.0 Å². The van der Waals surface area contributed by atoms with Crippen LogP contribution in [-0.2, 0) is 14.6 Å². The maximum absolute atomic E-state index is 12.0. The lowest BCUT2D eigenvalue weighted by Crippen LogP contribution is -2.20. The SMILES string of the molecule is CCCS(=O)(=O)c1ccc(N2CCC(CC(=O)O)C2)cc1. The minimum absolute atomic E-state index is 0.163. The van der Waals surface area contributed by atoms with Crippen molar-refractivity contribution in [1.82, 2.24) is 0 Å². The number of carbonyl (C=O) groups is 1. The molecule has 1 fully saturated rings. The van der Waals surface area contributed by atoms with Crippen LogP contribution in [0.5, 0.6) is 0 Å². The molecule has 1 aromatic rings. The van der Waals surface area contributed by atoms with Gasteiger partial charge in [-0.1, -0.05) is 6.92 Å². The highest BCUT2D eigenvalue weighted by molar-refractivity contribution is 7.91. The van der Waals surface area contributed by atoms with Gasteiger partial charge in [0.2, 0.25) is 0 Å². The summed E-state index contributed by atoms with van der Waals surface area (Å²) in [6, 6.07) is 6.91. The van der Waals surface area contributed by atoms with Crippen LogP contribution in [0.1, 0.15) is 26.2 Å². The monoisotopic (exact) mass is 311 g/mol. The second-order valence-electron chi connectivity index (χ2n) is 5.51. The summed E-state index contributed by atoms with van der Waals surface area (Å²) in [6.07, 6.45) is 1.66. The highest BCUT2D eigenvalue weighted by Crippen LogP contribution is 2.27. The van der Waals surface area contributed by atoms with Crippen LogP contribution in [0.3, 0.4) is 0 Å². The highest BCUT2D eigenvalue weighted by Gasteiger charge is 2.25. The molecule has 1 N–H and O–H groups in total. The summed E-state index contributed by atoms with van der Waals surface area (Å²) >= 11 is 0. The molecule has 1 aromatic carbocycles. The van der Waals surface area contributed by atoms with Gasteiger partial charge in [-0.15, -0.1) is 0 Å². The Morgan fingerprint density at radius 1 is 1.33 bits per heavy atom. The Morgan fingerprint density at radius 2 is 2.00 bits per heavy atom. The summed E-state index contributed by atoms with van der Waals surface area (Å²) in [5, 5.41) is 8.82. The first-order valence-corrected chi connectivity index (χ1v) is 8.87. The average Bonchev–Trinajstić information content (AvgIpc) is 2.86. The van der Waals surface area contributed by atoms with Gasteiger partial charge in [-0.25, -0.2) is 8.42 Å². The Balaban J connectivity index is 2.05. The Labute approximate surface area is 125 Å². The van der Waals surface area contributed by atoms with Crippen molar-refractivity contribution < 1.29 is 18.3 Å². The standard InChI is InChI=1S/C15H21NO4S/c1-2-9-21(19,20)14-5-3-13(4-6-14)16-8-7-12(11-16)10-15(17)18/h3-6,12H,2,7-11H2,1H3,(H,17,18). The third kappa shape index (κ3) is 3.97. The minimum atomic E-state index is -3.17. The Morgan fingerprint density at radius 3 is 2.57 bits per heavy atom. The van der Waals surface area contributed by atoms with E-state index in [1.54, 1.807) is 12.1 Å². The maximum Gasteiger partial charge on any atom is 0.303 e. The Bertz CT molecular complexity index is 595. The molecule has 1 atom stereocenters. The number of anilines is 1. The van der Waals surface area contributed by atoms with E-state index in [9.17, 15) is 13.2 Å². The maximum atomic E-state index is 12.0. The van der Waals surface area contributed by atoms with Crippen LogP contribution >= 0.6 is 0 Å². The molecule has 6 heteroatoms. The van der Waals surface area contributed by atoms with Crippen molar-refractivity contribution in [3.8, 4) is 0 Å². The molecule has 0 bridgehead atoms. The summed E-state index contributed by atoms with van der Waals surface area (Å²) < 4.78 is 23.9. The Hall–Kier alpha value is -1.56. The molecule has 0 amide bonds. The molecule has 1 aliphatic heterocycles. The van der Waals surface area contributed by atoms with Crippen molar-refractivity contribution in [3.63, 3.8) is 0 Å². The van der Waals surface area contributed by atoms with Crippen LogP contribution in [0.25, 0.3) is 0 Å². The van der Waals surface area contributed by atoms with Crippen LogP contribution in [0.15, 0.2) is 29.2 Å². The number of hydrogen-bond acceptors (Lipinski definition) is 4. The molecule has 1 aliphatic rings. The number of nitrogens with zero attached hydrogens (tertiary/aromatic N) is 1. The number of rotatable bonds is 6. The summed E-state index contributed by atoms with van der Waals surface area (Å²) in [6.45, 7) is 3.38. The van der Waals surface area contributed by atoms with Gasteiger partial charge in [0.1, 0.15) is 0 Å². The average molecular weight is 311 g/mol. The van der Waals surface area contributed by atoms with Gasteiger partial charge < -0.3 is 10.0 Å². The molecule has 116 valence electrons. The predicted octanol–water partition coefficient (Wildman–Crippen LogP) is 2.17. The third-order valence-corrected chi connectivity index (χ3v) is 5.72. The van der Waals surface area contributed by atoms with Gasteiger partial charge in [0.15, 0.2) is 9.84 Å². The van der Waals surface area contributed by atoms with E-state index >= 15 is 0 Å².